The summed E-state index contributed by atoms with van der Waals surface area (Å²) in [6, 6.07) is 3.56. The Balaban J connectivity index is 2.11. The third-order valence-electron chi connectivity index (χ3n) is 2.61. The highest BCUT2D eigenvalue weighted by molar-refractivity contribution is 7.91. The standard InChI is InChI=1S/C10H14N2O2S/c13-15(14,10-3-5-12-7-10)8-9-2-1-4-11-6-9/h1-2,4,6,10,12H,3,5,7-8H2/t10-/m1/s1. The summed E-state index contributed by atoms with van der Waals surface area (Å²) in [5.74, 6) is 0.104. The molecule has 0 unspecified atom stereocenters. The molecule has 82 valence electrons. The second kappa shape index (κ2) is 4.28. The van der Waals surface area contributed by atoms with Gasteiger partial charge in [-0.1, -0.05) is 6.07 Å². The minimum Gasteiger partial charge on any atom is -0.315 e. The third kappa shape index (κ3) is 2.54. The average Bonchev–Trinajstić information content (AvgIpc) is 2.71. The number of rotatable bonds is 3. The van der Waals surface area contributed by atoms with E-state index in [2.05, 4.69) is 10.3 Å². The number of nitrogens with zero attached hydrogens (tertiary/aromatic N) is 1. The van der Waals surface area contributed by atoms with Crippen molar-refractivity contribution in [3.63, 3.8) is 0 Å². The lowest BCUT2D eigenvalue weighted by molar-refractivity contribution is 0.582. The molecule has 15 heavy (non-hydrogen) atoms. The summed E-state index contributed by atoms with van der Waals surface area (Å²) < 4.78 is 23.9. The maximum atomic E-state index is 11.9. The molecule has 0 aromatic carbocycles. The lowest BCUT2D eigenvalue weighted by Crippen LogP contribution is -2.25. The average molecular weight is 226 g/mol. The van der Waals surface area contributed by atoms with Crippen molar-refractivity contribution in [2.24, 2.45) is 0 Å². The molecular weight excluding hydrogens is 212 g/mol. The fourth-order valence-corrected chi connectivity index (χ4v) is 3.49. The maximum absolute atomic E-state index is 11.9. The van der Waals surface area contributed by atoms with Crippen LogP contribution in [0.4, 0.5) is 0 Å². The van der Waals surface area contributed by atoms with Crippen LogP contribution in [0.2, 0.25) is 0 Å². The van der Waals surface area contributed by atoms with E-state index in [1.54, 1.807) is 24.5 Å². The van der Waals surface area contributed by atoms with E-state index in [1.807, 2.05) is 0 Å². The third-order valence-corrected chi connectivity index (χ3v) is 4.77. The Morgan fingerprint density at radius 1 is 1.53 bits per heavy atom. The van der Waals surface area contributed by atoms with Gasteiger partial charge in [0.25, 0.3) is 0 Å². The van der Waals surface area contributed by atoms with E-state index in [0.717, 1.165) is 18.5 Å². The van der Waals surface area contributed by atoms with E-state index in [1.165, 1.54) is 0 Å². The first-order valence-corrected chi connectivity index (χ1v) is 6.71. The number of sulfone groups is 1. The molecule has 1 N–H and O–H groups in total. The van der Waals surface area contributed by atoms with Gasteiger partial charge in [-0.2, -0.15) is 0 Å². The van der Waals surface area contributed by atoms with Gasteiger partial charge in [0, 0.05) is 18.9 Å². The van der Waals surface area contributed by atoms with Gasteiger partial charge in [-0.25, -0.2) is 8.42 Å². The second-order valence-corrected chi connectivity index (χ2v) is 6.06. The van der Waals surface area contributed by atoms with Crippen molar-refractivity contribution in [1.82, 2.24) is 10.3 Å². The van der Waals surface area contributed by atoms with Crippen LogP contribution in [0.15, 0.2) is 24.5 Å². The molecule has 1 fully saturated rings. The molecule has 1 aliphatic rings. The first kappa shape index (κ1) is 10.6. The van der Waals surface area contributed by atoms with E-state index in [9.17, 15) is 8.42 Å². The molecule has 0 saturated carbocycles. The molecule has 1 atom stereocenters. The molecule has 0 radical (unpaired) electrons. The van der Waals surface area contributed by atoms with Gasteiger partial charge in [0.15, 0.2) is 9.84 Å². The number of hydrogen-bond donors (Lipinski definition) is 1. The van der Waals surface area contributed by atoms with Crippen LogP contribution in [0.5, 0.6) is 0 Å². The molecule has 5 heteroatoms. The van der Waals surface area contributed by atoms with E-state index in [-0.39, 0.29) is 11.0 Å². The molecule has 0 spiro atoms. The first-order chi connectivity index (χ1) is 7.18. The van der Waals surface area contributed by atoms with Crippen LogP contribution in [0.3, 0.4) is 0 Å². The fourth-order valence-electron chi connectivity index (χ4n) is 1.77. The molecule has 1 saturated heterocycles. The highest BCUT2D eigenvalue weighted by Gasteiger charge is 2.28. The van der Waals surface area contributed by atoms with Crippen molar-refractivity contribution < 1.29 is 8.42 Å². The van der Waals surface area contributed by atoms with Crippen LogP contribution >= 0.6 is 0 Å². The Hall–Kier alpha value is -0.940. The molecule has 0 bridgehead atoms. The van der Waals surface area contributed by atoms with E-state index in [4.69, 9.17) is 0 Å². The molecule has 1 aromatic rings. The first-order valence-electron chi connectivity index (χ1n) is 5.00. The Bertz CT molecular complexity index is 410. The predicted octanol–water partition coefficient (Wildman–Crippen LogP) is 0.358. The monoisotopic (exact) mass is 226 g/mol. The number of hydrogen-bond acceptors (Lipinski definition) is 4. The van der Waals surface area contributed by atoms with Gasteiger partial charge < -0.3 is 5.32 Å². The smallest absolute Gasteiger partial charge is 0.158 e. The van der Waals surface area contributed by atoms with Crippen molar-refractivity contribution in [2.75, 3.05) is 13.1 Å². The largest absolute Gasteiger partial charge is 0.315 e. The number of nitrogens with one attached hydrogen (secondary N) is 1. The Kier molecular flexibility index (Phi) is 3.02. The zero-order chi connectivity index (χ0) is 10.7. The predicted molar refractivity (Wildman–Crippen MR) is 58.1 cm³/mol. The highest BCUT2D eigenvalue weighted by Crippen LogP contribution is 2.15. The molecule has 2 rings (SSSR count). The van der Waals surface area contributed by atoms with E-state index in [0.29, 0.717) is 6.54 Å². The number of aromatic nitrogens is 1. The van der Waals surface area contributed by atoms with Gasteiger partial charge in [-0.3, -0.25) is 4.98 Å². The minimum atomic E-state index is -3.02. The van der Waals surface area contributed by atoms with Gasteiger partial charge in [-0.05, 0) is 24.6 Å². The van der Waals surface area contributed by atoms with Crippen LogP contribution in [0.25, 0.3) is 0 Å². The zero-order valence-electron chi connectivity index (χ0n) is 8.39. The second-order valence-electron chi connectivity index (χ2n) is 3.78. The van der Waals surface area contributed by atoms with Crippen molar-refractivity contribution in [3.8, 4) is 0 Å². The Labute approximate surface area is 89.6 Å². The Morgan fingerprint density at radius 2 is 2.40 bits per heavy atom. The molecule has 1 aliphatic heterocycles. The number of pyridine rings is 1. The normalized spacial score (nSPS) is 21.7. The summed E-state index contributed by atoms with van der Waals surface area (Å²) in [6.07, 6.45) is 3.98. The van der Waals surface area contributed by atoms with Crippen LogP contribution in [-0.4, -0.2) is 31.7 Å². The topological polar surface area (TPSA) is 59.1 Å². The molecule has 0 amide bonds. The summed E-state index contributed by atoms with van der Waals surface area (Å²) in [7, 11) is -3.02. The summed E-state index contributed by atoms with van der Waals surface area (Å²) >= 11 is 0. The summed E-state index contributed by atoms with van der Waals surface area (Å²) in [6.45, 7) is 1.39. The van der Waals surface area contributed by atoms with Gasteiger partial charge in [-0.15, -0.1) is 0 Å². The highest BCUT2D eigenvalue weighted by atomic mass is 32.2. The van der Waals surface area contributed by atoms with Gasteiger partial charge in [0.1, 0.15) is 0 Å². The zero-order valence-corrected chi connectivity index (χ0v) is 9.20. The molecule has 4 nitrogen and oxygen atoms in total. The molecule has 2 heterocycles. The van der Waals surface area contributed by atoms with Crippen LogP contribution in [0.1, 0.15) is 12.0 Å². The molecule has 0 aliphatic carbocycles. The lowest BCUT2D eigenvalue weighted by atomic mass is 10.3. The summed E-state index contributed by atoms with van der Waals surface area (Å²) in [5.41, 5.74) is 0.768. The van der Waals surface area contributed by atoms with E-state index < -0.39 is 9.84 Å². The fraction of sp³-hybridized carbons (Fsp3) is 0.500. The van der Waals surface area contributed by atoms with Gasteiger partial charge >= 0.3 is 0 Å². The maximum Gasteiger partial charge on any atom is 0.158 e. The van der Waals surface area contributed by atoms with Crippen molar-refractivity contribution in [1.29, 1.82) is 0 Å². The van der Waals surface area contributed by atoms with Crippen molar-refractivity contribution >= 4 is 9.84 Å². The summed E-state index contributed by atoms with van der Waals surface area (Å²) in [5, 5.41) is 2.85. The quantitative estimate of drug-likeness (QED) is 0.808. The van der Waals surface area contributed by atoms with Gasteiger partial charge in [0.05, 0.1) is 11.0 Å². The SMILES string of the molecule is O=S(=O)(Cc1cccnc1)[C@@H]1CCNC1. The van der Waals surface area contributed by atoms with Crippen molar-refractivity contribution in [2.45, 2.75) is 17.4 Å². The van der Waals surface area contributed by atoms with Gasteiger partial charge in [0.2, 0.25) is 0 Å². The molecular formula is C10H14N2O2S. The van der Waals surface area contributed by atoms with Crippen LogP contribution < -0.4 is 5.32 Å². The van der Waals surface area contributed by atoms with Crippen LogP contribution in [-0.2, 0) is 15.6 Å². The Morgan fingerprint density at radius 3 is 3.00 bits per heavy atom. The van der Waals surface area contributed by atoms with Crippen LogP contribution in [0, 0.1) is 0 Å². The molecule has 1 aromatic heterocycles. The minimum absolute atomic E-state index is 0.104. The summed E-state index contributed by atoms with van der Waals surface area (Å²) in [4.78, 5) is 3.92. The van der Waals surface area contributed by atoms with E-state index >= 15 is 0 Å². The van der Waals surface area contributed by atoms with Crippen molar-refractivity contribution in [3.05, 3.63) is 30.1 Å². The lowest BCUT2D eigenvalue weighted by Gasteiger charge is -2.09.